The molecule has 3 heteroatoms. The molecule has 0 spiro atoms. The maximum atomic E-state index is 12.2. The normalized spacial score (nSPS) is 11.2. The van der Waals surface area contributed by atoms with Crippen LogP contribution < -0.4 is 5.56 Å². The highest BCUT2D eigenvalue weighted by Gasteiger charge is 2.13. The number of aromatic nitrogens is 1. The van der Waals surface area contributed by atoms with E-state index in [2.05, 4.69) is 32.9 Å². The molecule has 0 aliphatic rings. The molecule has 3 nitrogen and oxygen atoms in total. The lowest BCUT2D eigenvalue weighted by Gasteiger charge is -2.19. The van der Waals surface area contributed by atoms with Gasteiger partial charge in [-0.05, 0) is 35.6 Å². The Morgan fingerprint density at radius 3 is 2.24 bits per heavy atom. The highest BCUT2D eigenvalue weighted by atomic mass is 16.1. The monoisotopic (exact) mass is 280 g/mol. The maximum absolute atomic E-state index is 12.2. The van der Waals surface area contributed by atoms with Crippen LogP contribution in [0.25, 0.3) is 0 Å². The molecule has 0 bridgehead atoms. The van der Waals surface area contributed by atoms with Crippen molar-refractivity contribution >= 4 is 0 Å². The fraction of sp³-hybridized carbons (Fsp3) is 0.333. The third-order valence-electron chi connectivity index (χ3n) is 3.67. The maximum Gasteiger partial charge on any atom is 0.268 e. The summed E-state index contributed by atoms with van der Waals surface area (Å²) in [7, 11) is 0. The summed E-state index contributed by atoms with van der Waals surface area (Å²) in [5.74, 6) is 0. The summed E-state index contributed by atoms with van der Waals surface area (Å²) >= 11 is 0. The highest BCUT2D eigenvalue weighted by Crippen LogP contribution is 2.22. The molecule has 0 saturated carbocycles. The molecule has 1 aromatic carbocycles. The Morgan fingerprint density at radius 2 is 1.71 bits per heavy atom. The van der Waals surface area contributed by atoms with Gasteiger partial charge in [0, 0.05) is 5.69 Å². The Kier molecular flexibility index (Phi) is 3.99. The minimum absolute atomic E-state index is 0.117. The van der Waals surface area contributed by atoms with Gasteiger partial charge in [-0.3, -0.25) is 4.79 Å². The fourth-order valence-electron chi connectivity index (χ4n) is 2.25. The van der Waals surface area contributed by atoms with Crippen LogP contribution in [0.3, 0.4) is 0 Å². The van der Waals surface area contributed by atoms with Crippen LogP contribution in [0.4, 0.5) is 0 Å². The molecule has 0 aliphatic heterocycles. The van der Waals surface area contributed by atoms with Gasteiger partial charge in [-0.2, -0.15) is 5.26 Å². The van der Waals surface area contributed by atoms with Crippen molar-refractivity contribution in [3.05, 3.63) is 69.1 Å². The molecule has 0 fully saturated rings. The molecule has 108 valence electrons. The number of nitrogens with zero attached hydrogens (tertiary/aromatic N) is 2. The average Bonchev–Trinajstić information content (AvgIpc) is 2.43. The molecule has 2 rings (SSSR count). The largest absolute Gasteiger partial charge is 0.307 e. The lowest BCUT2D eigenvalue weighted by atomic mass is 9.87. The number of pyridine rings is 1. The van der Waals surface area contributed by atoms with Crippen LogP contribution in [0.1, 0.15) is 43.2 Å². The second kappa shape index (κ2) is 5.57. The van der Waals surface area contributed by atoms with Crippen LogP contribution in [0.5, 0.6) is 0 Å². The molecule has 0 N–H and O–H groups in total. The van der Waals surface area contributed by atoms with Crippen LogP contribution in [0, 0.1) is 18.3 Å². The molecular formula is C18H20N2O. The van der Waals surface area contributed by atoms with Crippen LogP contribution in [0.2, 0.25) is 0 Å². The summed E-state index contributed by atoms with van der Waals surface area (Å²) in [5.41, 5.74) is 3.26. The van der Waals surface area contributed by atoms with Crippen molar-refractivity contribution in [1.82, 2.24) is 4.57 Å². The first-order valence-electron chi connectivity index (χ1n) is 7.03. The Morgan fingerprint density at radius 1 is 1.10 bits per heavy atom. The fourth-order valence-corrected chi connectivity index (χ4v) is 2.25. The lowest BCUT2D eigenvalue weighted by molar-refractivity contribution is 0.589. The van der Waals surface area contributed by atoms with E-state index in [1.54, 1.807) is 10.6 Å². The minimum Gasteiger partial charge on any atom is -0.307 e. The zero-order chi connectivity index (χ0) is 15.6. The van der Waals surface area contributed by atoms with Gasteiger partial charge >= 0.3 is 0 Å². The summed E-state index contributed by atoms with van der Waals surface area (Å²) < 4.78 is 1.64. The molecule has 2 aromatic rings. The van der Waals surface area contributed by atoms with E-state index in [0.29, 0.717) is 6.54 Å². The van der Waals surface area contributed by atoms with Gasteiger partial charge < -0.3 is 4.57 Å². The number of rotatable bonds is 2. The minimum atomic E-state index is -0.225. The molecule has 0 aliphatic carbocycles. The standard InChI is InChI=1S/C18H20N2O/c1-13-5-8-15(11-19)17(21)20(13)12-14-6-9-16(10-7-14)18(2,3)4/h5-10H,12H2,1-4H3. The van der Waals surface area contributed by atoms with Crippen LogP contribution >= 0.6 is 0 Å². The predicted octanol–water partition coefficient (Wildman–Crippen LogP) is 3.37. The lowest BCUT2D eigenvalue weighted by Crippen LogP contribution is -2.24. The predicted molar refractivity (Wildman–Crippen MR) is 84.4 cm³/mol. The summed E-state index contributed by atoms with van der Waals surface area (Å²) in [5, 5.41) is 8.96. The summed E-state index contributed by atoms with van der Waals surface area (Å²) in [4.78, 5) is 12.2. The molecule has 0 unspecified atom stereocenters. The van der Waals surface area contributed by atoms with Crippen molar-refractivity contribution in [3.8, 4) is 6.07 Å². The Balaban J connectivity index is 2.36. The number of benzene rings is 1. The number of hydrogen-bond donors (Lipinski definition) is 0. The van der Waals surface area contributed by atoms with Gasteiger partial charge in [0.2, 0.25) is 0 Å². The Hall–Kier alpha value is -2.34. The van der Waals surface area contributed by atoms with Crippen molar-refractivity contribution in [3.63, 3.8) is 0 Å². The van der Waals surface area contributed by atoms with Crippen molar-refractivity contribution in [2.24, 2.45) is 0 Å². The molecule has 1 aromatic heterocycles. The van der Waals surface area contributed by atoms with Crippen molar-refractivity contribution < 1.29 is 0 Å². The van der Waals surface area contributed by atoms with Gasteiger partial charge in [-0.15, -0.1) is 0 Å². The SMILES string of the molecule is Cc1ccc(C#N)c(=O)n1Cc1ccc(C(C)(C)C)cc1. The summed E-state index contributed by atoms with van der Waals surface area (Å²) in [6.07, 6.45) is 0. The number of nitriles is 1. The van der Waals surface area contributed by atoms with Crippen molar-refractivity contribution in [2.45, 2.75) is 39.7 Å². The molecule has 0 amide bonds. The van der Waals surface area contributed by atoms with E-state index in [0.717, 1.165) is 11.3 Å². The van der Waals surface area contributed by atoms with Gasteiger partial charge in [0.05, 0.1) is 6.54 Å². The zero-order valence-corrected chi connectivity index (χ0v) is 13.0. The van der Waals surface area contributed by atoms with Crippen LogP contribution in [-0.4, -0.2) is 4.57 Å². The first-order chi connectivity index (χ1) is 9.82. The quantitative estimate of drug-likeness (QED) is 0.846. The van der Waals surface area contributed by atoms with Crippen LogP contribution in [-0.2, 0) is 12.0 Å². The second-order valence-electron chi connectivity index (χ2n) is 6.34. The van der Waals surface area contributed by atoms with E-state index in [1.807, 2.05) is 31.2 Å². The van der Waals surface area contributed by atoms with Gasteiger partial charge in [0.1, 0.15) is 11.6 Å². The zero-order valence-electron chi connectivity index (χ0n) is 13.0. The highest BCUT2D eigenvalue weighted by molar-refractivity contribution is 5.30. The molecular weight excluding hydrogens is 260 g/mol. The topological polar surface area (TPSA) is 45.8 Å². The smallest absolute Gasteiger partial charge is 0.268 e. The summed E-state index contributed by atoms with van der Waals surface area (Å²) in [6.45, 7) is 8.89. The van der Waals surface area contributed by atoms with Gasteiger partial charge in [-0.1, -0.05) is 45.0 Å². The number of hydrogen-bond acceptors (Lipinski definition) is 2. The molecule has 1 heterocycles. The Labute approximate surface area is 125 Å². The van der Waals surface area contributed by atoms with Gasteiger partial charge in [-0.25, -0.2) is 0 Å². The molecule has 0 atom stereocenters. The third kappa shape index (κ3) is 3.22. The first-order valence-corrected chi connectivity index (χ1v) is 7.03. The first kappa shape index (κ1) is 15.1. The van der Waals surface area contributed by atoms with Gasteiger partial charge in [0.15, 0.2) is 0 Å². The Bertz CT molecular complexity index is 741. The molecule has 0 radical (unpaired) electrons. The molecule has 21 heavy (non-hydrogen) atoms. The van der Waals surface area contributed by atoms with Crippen molar-refractivity contribution in [2.75, 3.05) is 0 Å². The molecule has 0 saturated heterocycles. The van der Waals surface area contributed by atoms with E-state index < -0.39 is 0 Å². The van der Waals surface area contributed by atoms with E-state index in [9.17, 15) is 4.79 Å². The van der Waals surface area contributed by atoms with Gasteiger partial charge in [0.25, 0.3) is 5.56 Å². The van der Waals surface area contributed by atoms with E-state index in [1.165, 1.54) is 5.56 Å². The number of aryl methyl sites for hydroxylation is 1. The average molecular weight is 280 g/mol. The summed E-state index contributed by atoms with van der Waals surface area (Å²) in [6, 6.07) is 13.6. The third-order valence-corrected chi connectivity index (χ3v) is 3.67. The van der Waals surface area contributed by atoms with E-state index in [4.69, 9.17) is 5.26 Å². The van der Waals surface area contributed by atoms with Crippen molar-refractivity contribution in [1.29, 1.82) is 5.26 Å². The van der Waals surface area contributed by atoms with Crippen LogP contribution in [0.15, 0.2) is 41.2 Å². The van der Waals surface area contributed by atoms with E-state index >= 15 is 0 Å². The van der Waals surface area contributed by atoms with E-state index in [-0.39, 0.29) is 16.5 Å². The second-order valence-corrected chi connectivity index (χ2v) is 6.34.